The van der Waals surface area contributed by atoms with Gasteiger partial charge in [0.15, 0.2) is 0 Å². The first-order valence-electron chi connectivity index (χ1n) is 8.91. The van der Waals surface area contributed by atoms with Gasteiger partial charge in [0.25, 0.3) is 0 Å². The summed E-state index contributed by atoms with van der Waals surface area (Å²) in [7, 11) is 0. The van der Waals surface area contributed by atoms with Crippen molar-refractivity contribution in [1.29, 1.82) is 0 Å². The maximum Gasteiger partial charge on any atom is 0.350 e. The number of ether oxygens (including phenoxy) is 1. The van der Waals surface area contributed by atoms with Gasteiger partial charge in [-0.2, -0.15) is 0 Å². The van der Waals surface area contributed by atoms with E-state index in [4.69, 9.17) is 8.92 Å². The van der Waals surface area contributed by atoms with Crippen LogP contribution in [-0.2, 0) is 8.92 Å². The lowest BCUT2D eigenvalue weighted by molar-refractivity contribution is 0.0328. The number of rotatable bonds is 6. The summed E-state index contributed by atoms with van der Waals surface area (Å²) in [5.41, 5.74) is 1.90. The molecule has 0 saturated heterocycles. The van der Waals surface area contributed by atoms with E-state index in [-0.39, 0.29) is 29.5 Å². The summed E-state index contributed by atoms with van der Waals surface area (Å²) in [6.07, 6.45) is 4.97. The minimum absolute atomic E-state index is 0. The topological polar surface area (TPSA) is 35.5 Å². The van der Waals surface area contributed by atoms with Crippen molar-refractivity contribution in [2.75, 3.05) is 6.61 Å². The molecule has 1 fully saturated rings. The zero-order valence-corrected chi connectivity index (χ0v) is 17.4. The second kappa shape index (κ2) is 16.6. The molecule has 9 heteroatoms. The summed E-state index contributed by atoms with van der Waals surface area (Å²) < 4.78 is 11.0. The molecule has 0 radical (unpaired) electrons. The molecule has 1 saturated carbocycles. The summed E-state index contributed by atoms with van der Waals surface area (Å²) in [5.74, 6) is 0.265. The number of benzene rings is 2. The summed E-state index contributed by atoms with van der Waals surface area (Å²) in [6, 6.07) is 17.5. The van der Waals surface area contributed by atoms with Gasteiger partial charge in [-0.15, -0.1) is 0 Å². The van der Waals surface area contributed by atoms with Crippen molar-refractivity contribution in [1.82, 2.24) is 0 Å². The third kappa shape index (κ3) is 9.13. The van der Waals surface area contributed by atoms with Crippen molar-refractivity contribution in [3.05, 3.63) is 65.7 Å². The van der Waals surface area contributed by atoms with Crippen LogP contribution in [0.3, 0.4) is 0 Å². The molecule has 0 aliphatic heterocycles. The molecule has 0 N–H and O–H groups in total. The molecule has 0 heterocycles. The van der Waals surface area contributed by atoms with Crippen LogP contribution in [0.2, 0.25) is 0 Å². The number of halogens is 5. The van der Waals surface area contributed by atoms with E-state index in [0.717, 1.165) is 49.2 Å². The van der Waals surface area contributed by atoms with Crippen molar-refractivity contribution < 1.29 is 37.2 Å². The Labute approximate surface area is 177 Å². The molecule has 2 aromatic rings. The lowest BCUT2D eigenvalue weighted by Gasteiger charge is -2.28. The molecule has 3 rings (SSSR count). The van der Waals surface area contributed by atoms with Crippen molar-refractivity contribution >= 4 is 18.0 Å². The molecular weight excluding hydrogens is 427 g/mol. The van der Waals surface area contributed by atoms with E-state index < -0.39 is 0 Å². The van der Waals surface area contributed by atoms with Gasteiger partial charge in [-0.25, -0.2) is 4.79 Å². The van der Waals surface area contributed by atoms with Gasteiger partial charge >= 0.3 is 5.97 Å². The van der Waals surface area contributed by atoms with Crippen molar-refractivity contribution in [3.63, 3.8) is 0 Å². The van der Waals surface area contributed by atoms with Gasteiger partial charge in [-0.1, -0.05) is 30.3 Å². The maximum absolute atomic E-state index is 12.2. The van der Waals surface area contributed by atoms with Crippen molar-refractivity contribution in [2.24, 2.45) is 0 Å². The Balaban J connectivity index is -0.00000146. The number of carbonyl (C=O) groups excluding carboxylic acids is 1. The highest BCUT2D eigenvalue weighted by atomic mass is 32.2. The molecule has 30 heavy (non-hydrogen) atoms. The molecule has 1 aliphatic carbocycles. The van der Waals surface area contributed by atoms with Crippen LogP contribution in [-0.4, -0.2) is 18.7 Å². The van der Waals surface area contributed by atoms with Crippen LogP contribution in [0, 0.1) is 0 Å². The average Bonchev–Trinajstić information content (AvgIpc) is 2.68. The fraction of sp³-hybridized carbons (Fsp3) is 0.381. The Hall–Kier alpha value is -2.13. The Morgan fingerprint density at radius 1 is 0.867 bits per heavy atom. The molecule has 0 amide bonds. The maximum atomic E-state index is 12.2. The minimum Gasteiger partial charge on any atom is -0.382 e. The molecular formula is C21H29F5O3S. The zero-order chi connectivity index (χ0) is 17.5. The van der Waals surface area contributed by atoms with E-state index in [1.807, 2.05) is 42.5 Å². The molecule has 0 unspecified atom stereocenters. The molecule has 0 bridgehead atoms. The van der Waals surface area contributed by atoms with Crippen LogP contribution in [0.1, 0.15) is 54.4 Å². The summed E-state index contributed by atoms with van der Waals surface area (Å²) >= 11 is 1.10. The SMILES string of the molecule is CCOC1CCC(c2ccc(C(=O)OSc3ccccc3)cc2)CC1.F.F.F.F.F. The molecule has 172 valence electrons. The summed E-state index contributed by atoms with van der Waals surface area (Å²) in [6.45, 7) is 2.85. The Morgan fingerprint density at radius 2 is 1.43 bits per heavy atom. The summed E-state index contributed by atoms with van der Waals surface area (Å²) in [5, 5.41) is 0. The molecule has 1 aliphatic rings. The van der Waals surface area contributed by atoms with Gasteiger partial charge in [0, 0.05) is 11.5 Å². The van der Waals surface area contributed by atoms with Gasteiger partial charge < -0.3 is 8.92 Å². The molecule has 0 spiro atoms. The quantitative estimate of drug-likeness (QED) is 0.373. The highest BCUT2D eigenvalue weighted by Gasteiger charge is 2.22. The predicted molar refractivity (Wildman–Crippen MR) is 113 cm³/mol. The van der Waals surface area contributed by atoms with E-state index >= 15 is 0 Å². The van der Waals surface area contributed by atoms with Gasteiger partial charge in [0.1, 0.15) is 0 Å². The van der Waals surface area contributed by atoms with E-state index in [2.05, 4.69) is 19.1 Å². The largest absolute Gasteiger partial charge is 0.382 e. The van der Waals surface area contributed by atoms with Crippen LogP contribution >= 0.6 is 12.0 Å². The molecule has 0 atom stereocenters. The van der Waals surface area contributed by atoms with Gasteiger partial charge in [-0.3, -0.25) is 23.5 Å². The van der Waals surface area contributed by atoms with Gasteiger partial charge in [-0.05, 0) is 68.4 Å². The Bertz CT molecular complexity index is 681. The smallest absolute Gasteiger partial charge is 0.350 e. The second-order valence-electron chi connectivity index (χ2n) is 6.32. The lowest BCUT2D eigenvalue weighted by atomic mass is 9.82. The average molecular weight is 457 g/mol. The van der Waals surface area contributed by atoms with E-state index in [0.29, 0.717) is 17.6 Å². The highest BCUT2D eigenvalue weighted by molar-refractivity contribution is 7.95. The van der Waals surface area contributed by atoms with Crippen LogP contribution < -0.4 is 0 Å². The third-order valence-corrected chi connectivity index (χ3v) is 5.35. The van der Waals surface area contributed by atoms with Gasteiger partial charge in [0.2, 0.25) is 0 Å². The van der Waals surface area contributed by atoms with Crippen molar-refractivity contribution in [2.45, 2.75) is 49.5 Å². The standard InChI is InChI=1S/C21H24O3S.5FH/c1-2-23-19-14-12-17(13-15-19)16-8-10-18(11-9-16)21(22)24-25-20-6-4-3-5-7-20;;;;;/h3-11,17,19H,2,12-15H2,1H3;5*1H. The van der Waals surface area contributed by atoms with E-state index in [9.17, 15) is 4.79 Å². The molecule has 2 aromatic carbocycles. The third-order valence-electron chi connectivity index (χ3n) is 4.65. The van der Waals surface area contributed by atoms with Crippen LogP contribution in [0.25, 0.3) is 0 Å². The van der Waals surface area contributed by atoms with Crippen molar-refractivity contribution in [3.8, 4) is 0 Å². The van der Waals surface area contributed by atoms with Crippen LogP contribution in [0.4, 0.5) is 23.5 Å². The monoisotopic (exact) mass is 456 g/mol. The summed E-state index contributed by atoms with van der Waals surface area (Å²) in [4.78, 5) is 13.1. The number of carbonyl (C=O) groups is 1. The Kier molecular flexibility index (Phi) is 18.0. The first-order chi connectivity index (χ1) is 12.3. The van der Waals surface area contributed by atoms with E-state index in [1.165, 1.54) is 5.56 Å². The van der Waals surface area contributed by atoms with Gasteiger partial charge in [0.05, 0.1) is 23.7 Å². The highest BCUT2D eigenvalue weighted by Crippen LogP contribution is 2.34. The fourth-order valence-corrected chi connectivity index (χ4v) is 3.84. The predicted octanol–water partition coefficient (Wildman–Crippen LogP) is 6.38. The van der Waals surface area contributed by atoms with E-state index in [1.54, 1.807) is 0 Å². The van der Waals surface area contributed by atoms with Crippen LogP contribution in [0.5, 0.6) is 0 Å². The zero-order valence-electron chi connectivity index (χ0n) is 16.6. The number of hydrogen-bond donors (Lipinski definition) is 0. The first-order valence-corrected chi connectivity index (χ1v) is 9.66. The molecule has 3 nitrogen and oxygen atoms in total. The normalized spacial score (nSPS) is 16.8. The second-order valence-corrected chi connectivity index (χ2v) is 7.12. The lowest BCUT2D eigenvalue weighted by Crippen LogP contribution is -2.20. The minimum atomic E-state index is -0.305. The number of hydrogen-bond acceptors (Lipinski definition) is 4. The molecule has 0 aromatic heterocycles. The fourth-order valence-electron chi connectivity index (χ4n) is 3.30. The van der Waals surface area contributed by atoms with Crippen LogP contribution in [0.15, 0.2) is 59.5 Å². The first kappa shape index (κ1) is 32.5. The Morgan fingerprint density at radius 3 is 1.97 bits per heavy atom.